The minimum absolute atomic E-state index is 0.210. The average molecular weight is 295 g/mol. The first-order chi connectivity index (χ1) is 9.91. The molecule has 0 amide bonds. The largest absolute Gasteiger partial charge is 0.618 e. The third-order valence-electron chi connectivity index (χ3n) is 3.41. The zero-order valence-electron chi connectivity index (χ0n) is 12.7. The summed E-state index contributed by atoms with van der Waals surface area (Å²) in [6.07, 6.45) is 1.59. The molecule has 0 saturated carbocycles. The van der Waals surface area contributed by atoms with Crippen molar-refractivity contribution in [1.82, 2.24) is 10.0 Å². The summed E-state index contributed by atoms with van der Waals surface area (Å²) in [6.45, 7) is 7.30. The van der Waals surface area contributed by atoms with E-state index in [0.717, 1.165) is 5.06 Å². The van der Waals surface area contributed by atoms with Crippen LogP contribution < -0.4 is 0 Å². The topological polar surface area (TPSA) is 80.9 Å². The summed E-state index contributed by atoms with van der Waals surface area (Å²) in [4.78, 5) is 4.20. The summed E-state index contributed by atoms with van der Waals surface area (Å²) < 4.78 is 11.5. The van der Waals surface area contributed by atoms with Crippen LogP contribution in [0.5, 0.6) is 0 Å². The van der Waals surface area contributed by atoms with Crippen LogP contribution in [0.2, 0.25) is 0 Å². The fourth-order valence-electron chi connectivity index (χ4n) is 2.51. The van der Waals surface area contributed by atoms with Crippen molar-refractivity contribution in [3.8, 4) is 0 Å². The Bertz CT molecular complexity index is 524. The number of rotatable bonds is 5. The zero-order chi connectivity index (χ0) is 15.7. The highest BCUT2D eigenvalue weighted by atomic mass is 16.8. The van der Waals surface area contributed by atoms with Gasteiger partial charge in [0.25, 0.3) is 0 Å². The number of pyridine rings is 1. The lowest BCUT2D eigenvalue weighted by atomic mass is 9.96. The van der Waals surface area contributed by atoms with Crippen molar-refractivity contribution < 1.29 is 19.4 Å². The first kappa shape index (κ1) is 15.8. The van der Waals surface area contributed by atoms with Crippen molar-refractivity contribution in [3.63, 3.8) is 0 Å². The van der Waals surface area contributed by atoms with Gasteiger partial charge in [-0.05, 0) is 39.8 Å². The van der Waals surface area contributed by atoms with Crippen molar-refractivity contribution in [2.24, 2.45) is 0 Å². The van der Waals surface area contributed by atoms with Crippen molar-refractivity contribution in [1.29, 1.82) is 0 Å². The Balaban J connectivity index is 2.62. The monoisotopic (exact) mass is 295 g/mol. The van der Waals surface area contributed by atoms with Crippen LogP contribution in [0.3, 0.4) is 0 Å². The van der Waals surface area contributed by atoms with E-state index in [1.807, 2.05) is 0 Å². The maximum atomic E-state index is 12.8. The highest BCUT2D eigenvalue weighted by Crippen LogP contribution is 2.36. The molecule has 1 aromatic rings. The second-order valence-corrected chi connectivity index (χ2v) is 5.14. The van der Waals surface area contributed by atoms with Gasteiger partial charge in [-0.2, -0.15) is 0 Å². The zero-order valence-corrected chi connectivity index (χ0v) is 12.7. The van der Waals surface area contributed by atoms with E-state index in [0.29, 0.717) is 10.4 Å². The van der Waals surface area contributed by atoms with Crippen LogP contribution >= 0.6 is 0 Å². The van der Waals surface area contributed by atoms with Gasteiger partial charge in [-0.25, -0.2) is 0 Å². The molecular weight excluding hydrogens is 274 g/mol. The van der Waals surface area contributed by atoms with Crippen LogP contribution in [0.15, 0.2) is 24.4 Å². The van der Waals surface area contributed by atoms with Crippen LogP contribution in [0, 0.1) is 5.21 Å². The quantitative estimate of drug-likeness (QED) is 0.504. The first-order valence-electron chi connectivity index (χ1n) is 6.95. The van der Waals surface area contributed by atoms with Gasteiger partial charge in [-0.3, -0.25) is 14.5 Å². The lowest BCUT2D eigenvalue weighted by Gasteiger charge is -2.32. The molecule has 1 aromatic heterocycles. The molecule has 7 nitrogen and oxygen atoms in total. The van der Waals surface area contributed by atoms with E-state index in [9.17, 15) is 10.4 Å². The molecule has 0 atom stereocenters. The highest BCUT2D eigenvalue weighted by molar-refractivity contribution is 6.02. The molecule has 0 unspecified atom stereocenters. The average Bonchev–Trinajstić information content (AvgIpc) is 2.59. The molecule has 7 heteroatoms. The number of ether oxygens (including phenoxy) is 2. The SMILES string of the molecule is CCOC1(OCC)N(O)C(C)(C)C(c2ccccn2)=[N+]1[O-]. The van der Waals surface area contributed by atoms with E-state index in [-0.39, 0.29) is 18.9 Å². The van der Waals surface area contributed by atoms with Crippen molar-refractivity contribution in [2.45, 2.75) is 39.3 Å². The lowest BCUT2D eigenvalue weighted by molar-refractivity contribution is -0.722. The van der Waals surface area contributed by atoms with Crippen LogP contribution in [-0.2, 0) is 9.47 Å². The third kappa shape index (κ3) is 2.32. The molecule has 1 N–H and O–H groups in total. The number of hydrogen-bond acceptors (Lipinski definition) is 6. The molecule has 1 aliphatic rings. The highest BCUT2D eigenvalue weighted by Gasteiger charge is 2.66. The van der Waals surface area contributed by atoms with E-state index in [1.165, 1.54) is 0 Å². The molecule has 0 aliphatic carbocycles. The summed E-state index contributed by atoms with van der Waals surface area (Å²) >= 11 is 0. The molecule has 0 spiro atoms. The molecule has 2 heterocycles. The second kappa shape index (κ2) is 5.69. The Morgan fingerprint density at radius 3 is 2.38 bits per heavy atom. The number of hydrogen-bond donors (Lipinski definition) is 1. The van der Waals surface area contributed by atoms with Gasteiger partial charge in [0.05, 0.1) is 13.2 Å². The number of hydroxylamine groups is 3. The summed E-state index contributed by atoms with van der Waals surface area (Å²) in [5.41, 5.74) is -0.259. The van der Waals surface area contributed by atoms with E-state index in [4.69, 9.17) is 9.47 Å². The van der Waals surface area contributed by atoms with Gasteiger partial charge in [-0.15, -0.1) is 4.74 Å². The van der Waals surface area contributed by atoms with Gasteiger partial charge >= 0.3 is 6.03 Å². The Morgan fingerprint density at radius 2 is 1.90 bits per heavy atom. The first-order valence-corrected chi connectivity index (χ1v) is 6.95. The molecule has 0 bridgehead atoms. The maximum Gasteiger partial charge on any atom is 0.492 e. The fraction of sp³-hybridized carbons (Fsp3) is 0.571. The smallest absolute Gasteiger partial charge is 0.492 e. The molecule has 0 saturated heterocycles. The van der Waals surface area contributed by atoms with Crippen LogP contribution in [0.4, 0.5) is 0 Å². The fourth-order valence-corrected chi connectivity index (χ4v) is 2.51. The van der Waals surface area contributed by atoms with Gasteiger partial charge in [-0.1, -0.05) is 11.1 Å². The van der Waals surface area contributed by atoms with Crippen LogP contribution in [0.25, 0.3) is 0 Å². The molecule has 1 aliphatic heterocycles. The normalized spacial score (nSPS) is 21.0. The van der Waals surface area contributed by atoms with Crippen molar-refractivity contribution in [2.75, 3.05) is 13.2 Å². The van der Waals surface area contributed by atoms with Gasteiger partial charge in [0.1, 0.15) is 11.2 Å². The van der Waals surface area contributed by atoms with E-state index in [1.54, 1.807) is 52.1 Å². The third-order valence-corrected chi connectivity index (χ3v) is 3.41. The molecule has 116 valence electrons. The molecular formula is C14H21N3O4. The summed E-state index contributed by atoms with van der Waals surface area (Å²) in [6, 6.07) is 3.36. The summed E-state index contributed by atoms with van der Waals surface area (Å²) in [7, 11) is 0. The second-order valence-electron chi connectivity index (χ2n) is 5.14. The van der Waals surface area contributed by atoms with Crippen molar-refractivity contribution >= 4 is 5.71 Å². The Labute approximate surface area is 124 Å². The van der Waals surface area contributed by atoms with Crippen LogP contribution in [0.1, 0.15) is 33.4 Å². The van der Waals surface area contributed by atoms with Gasteiger partial charge in [0, 0.05) is 6.20 Å². The minimum Gasteiger partial charge on any atom is -0.618 e. The summed E-state index contributed by atoms with van der Waals surface area (Å²) in [5.74, 6) is 0. The van der Waals surface area contributed by atoms with E-state index < -0.39 is 11.6 Å². The molecule has 0 radical (unpaired) electrons. The number of nitrogens with zero attached hydrogens (tertiary/aromatic N) is 3. The molecule has 0 aromatic carbocycles. The number of aromatic nitrogens is 1. The van der Waals surface area contributed by atoms with Gasteiger partial charge in [0.15, 0.2) is 0 Å². The van der Waals surface area contributed by atoms with Gasteiger partial charge in [0.2, 0.25) is 5.71 Å². The lowest BCUT2D eigenvalue weighted by Crippen LogP contribution is -2.58. The molecule has 2 rings (SSSR count). The Kier molecular flexibility index (Phi) is 4.29. The summed E-state index contributed by atoms with van der Waals surface area (Å²) in [5, 5.41) is 24.2. The standard InChI is InChI=1S/C14H21N3O4/c1-5-20-14(21-6-2)16(18)12(13(3,4)17(14)19)11-9-7-8-10-15-11/h7-10,19H,5-6H2,1-4H3. The van der Waals surface area contributed by atoms with Crippen LogP contribution in [-0.4, -0.2) is 50.5 Å². The maximum absolute atomic E-state index is 12.8. The molecule has 0 fully saturated rings. The Hall–Kier alpha value is -1.54. The van der Waals surface area contributed by atoms with Crippen molar-refractivity contribution in [3.05, 3.63) is 35.3 Å². The predicted molar refractivity (Wildman–Crippen MR) is 75.7 cm³/mol. The molecule has 21 heavy (non-hydrogen) atoms. The predicted octanol–water partition coefficient (Wildman–Crippen LogP) is 1.55. The Morgan fingerprint density at radius 1 is 1.29 bits per heavy atom. The van der Waals surface area contributed by atoms with E-state index in [2.05, 4.69) is 4.98 Å². The van der Waals surface area contributed by atoms with Gasteiger partial charge < -0.3 is 10.4 Å². The van der Waals surface area contributed by atoms with E-state index >= 15 is 0 Å². The minimum atomic E-state index is -1.89.